The van der Waals surface area contributed by atoms with Gasteiger partial charge in [-0.15, -0.1) is 0 Å². The van der Waals surface area contributed by atoms with Gasteiger partial charge in [-0.25, -0.2) is 0 Å². The number of benzene rings is 2. The highest BCUT2D eigenvalue weighted by Gasteiger charge is 2.35. The smallest absolute Gasteiger partial charge is 0.225 e. The number of rotatable bonds is 7. The topological polar surface area (TPSA) is 67.9 Å². The fourth-order valence-electron chi connectivity index (χ4n) is 4.66. The molecule has 1 fully saturated rings. The zero-order chi connectivity index (χ0) is 21.8. The minimum atomic E-state index is -0.285. The number of carbonyl (C=O) groups is 2. The summed E-state index contributed by atoms with van der Waals surface area (Å²) in [6.45, 7) is 1.07. The lowest BCUT2D eigenvalue weighted by molar-refractivity contribution is -0.129. The molecule has 1 aliphatic carbocycles. The first-order valence-electron chi connectivity index (χ1n) is 11.0. The molecule has 0 radical (unpaired) electrons. The summed E-state index contributed by atoms with van der Waals surface area (Å²) in [4.78, 5) is 27.2. The van der Waals surface area contributed by atoms with Crippen LogP contribution < -0.4 is 14.8 Å². The van der Waals surface area contributed by atoms with Crippen LogP contribution in [-0.2, 0) is 22.4 Å². The van der Waals surface area contributed by atoms with Crippen molar-refractivity contribution in [1.82, 2.24) is 10.2 Å². The number of nitrogens with one attached hydrogen (secondary N) is 1. The van der Waals surface area contributed by atoms with Gasteiger partial charge in [-0.05, 0) is 54.5 Å². The van der Waals surface area contributed by atoms with Crippen molar-refractivity contribution in [2.45, 2.75) is 38.1 Å². The molecule has 2 amide bonds. The highest BCUT2D eigenvalue weighted by Crippen LogP contribution is 2.31. The van der Waals surface area contributed by atoms with Gasteiger partial charge in [0.05, 0.1) is 26.2 Å². The number of aryl methyl sites for hydroxylation is 1. The third kappa shape index (κ3) is 4.68. The van der Waals surface area contributed by atoms with Crippen molar-refractivity contribution in [3.8, 4) is 11.5 Å². The first kappa shape index (κ1) is 21.2. The number of fused-ring (bicyclic) bond motifs is 1. The van der Waals surface area contributed by atoms with Gasteiger partial charge in [0.25, 0.3) is 0 Å². The molecule has 0 spiro atoms. The first-order valence-corrected chi connectivity index (χ1v) is 11.0. The van der Waals surface area contributed by atoms with Crippen molar-refractivity contribution >= 4 is 11.8 Å². The summed E-state index contributed by atoms with van der Waals surface area (Å²) in [5.74, 6) is 1.11. The van der Waals surface area contributed by atoms with Crippen LogP contribution in [0.2, 0.25) is 0 Å². The second-order valence-electron chi connectivity index (χ2n) is 8.33. The van der Waals surface area contributed by atoms with Gasteiger partial charge in [-0.3, -0.25) is 9.59 Å². The standard InChI is InChI=1S/C25H30N2O4/c1-30-22-11-10-17(14-23(22)31-2)12-13-27-16-19(15-24(27)28)25(29)26-21-9-5-7-18-6-3-4-8-20(18)21/h3-4,6,8,10-11,14,19,21H,5,7,9,12-13,15-16H2,1-2H3,(H,26,29). The molecule has 2 atom stereocenters. The first-order chi connectivity index (χ1) is 15.1. The number of hydrogen-bond acceptors (Lipinski definition) is 4. The minimum absolute atomic E-state index is 0.0105. The average Bonchev–Trinajstić information content (AvgIpc) is 3.18. The summed E-state index contributed by atoms with van der Waals surface area (Å²) in [5, 5.41) is 3.21. The fraction of sp³-hybridized carbons (Fsp3) is 0.440. The molecule has 1 aliphatic heterocycles. The van der Waals surface area contributed by atoms with E-state index in [1.807, 2.05) is 24.3 Å². The molecule has 2 aliphatic rings. The van der Waals surface area contributed by atoms with Crippen LogP contribution in [-0.4, -0.2) is 44.0 Å². The number of ether oxygens (including phenoxy) is 2. The van der Waals surface area contributed by atoms with Gasteiger partial charge in [0.15, 0.2) is 11.5 Å². The zero-order valence-electron chi connectivity index (χ0n) is 18.2. The lowest BCUT2D eigenvalue weighted by atomic mass is 9.87. The molecular formula is C25H30N2O4. The third-order valence-corrected chi connectivity index (χ3v) is 6.39. The molecule has 1 N–H and O–H groups in total. The molecular weight excluding hydrogens is 392 g/mol. The van der Waals surface area contributed by atoms with Gasteiger partial charge in [-0.1, -0.05) is 30.3 Å². The lowest BCUT2D eigenvalue weighted by Crippen LogP contribution is -2.37. The maximum absolute atomic E-state index is 12.9. The van der Waals surface area contributed by atoms with Crippen LogP contribution in [0.4, 0.5) is 0 Å². The van der Waals surface area contributed by atoms with E-state index in [9.17, 15) is 9.59 Å². The molecule has 1 heterocycles. The third-order valence-electron chi connectivity index (χ3n) is 6.39. The number of hydrogen-bond donors (Lipinski definition) is 1. The van der Waals surface area contributed by atoms with E-state index in [2.05, 4.69) is 23.5 Å². The van der Waals surface area contributed by atoms with Gasteiger partial charge in [0.2, 0.25) is 11.8 Å². The van der Waals surface area contributed by atoms with Gasteiger partial charge in [-0.2, -0.15) is 0 Å². The lowest BCUT2D eigenvalue weighted by Gasteiger charge is -2.27. The summed E-state index contributed by atoms with van der Waals surface area (Å²) < 4.78 is 10.6. The summed E-state index contributed by atoms with van der Waals surface area (Å²) in [6, 6.07) is 14.2. The van der Waals surface area contributed by atoms with E-state index in [1.165, 1.54) is 11.1 Å². The van der Waals surface area contributed by atoms with E-state index in [0.29, 0.717) is 31.0 Å². The van der Waals surface area contributed by atoms with Gasteiger partial charge < -0.3 is 19.7 Å². The summed E-state index contributed by atoms with van der Waals surface area (Å²) in [6.07, 6.45) is 4.08. The number of methoxy groups -OCH3 is 2. The molecule has 6 nitrogen and oxygen atoms in total. The number of carbonyl (C=O) groups excluding carboxylic acids is 2. The predicted octanol–water partition coefficient (Wildman–Crippen LogP) is 3.29. The summed E-state index contributed by atoms with van der Waals surface area (Å²) in [7, 11) is 3.22. The molecule has 1 saturated heterocycles. The van der Waals surface area contributed by atoms with Crippen LogP contribution in [0.15, 0.2) is 42.5 Å². The van der Waals surface area contributed by atoms with E-state index < -0.39 is 0 Å². The Morgan fingerprint density at radius 3 is 2.74 bits per heavy atom. The largest absolute Gasteiger partial charge is 0.493 e. The molecule has 0 saturated carbocycles. The number of likely N-dealkylation sites (tertiary alicyclic amines) is 1. The number of amides is 2. The van der Waals surface area contributed by atoms with Crippen LogP contribution in [0.3, 0.4) is 0 Å². The van der Waals surface area contributed by atoms with E-state index in [-0.39, 0.29) is 30.2 Å². The molecule has 2 unspecified atom stereocenters. The Hall–Kier alpha value is -3.02. The van der Waals surface area contributed by atoms with Crippen LogP contribution >= 0.6 is 0 Å². The molecule has 2 aromatic carbocycles. The molecule has 4 rings (SSSR count). The highest BCUT2D eigenvalue weighted by atomic mass is 16.5. The molecule has 164 valence electrons. The monoisotopic (exact) mass is 422 g/mol. The van der Waals surface area contributed by atoms with Crippen molar-refractivity contribution < 1.29 is 19.1 Å². The van der Waals surface area contributed by atoms with E-state index in [1.54, 1.807) is 19.1 Å². The molecule has 31 heavy (non-hydrogen) atoms. The Morgan fingerprint density at radius 2 is 1.94 bits per heavy atom. The predicted molar refractivity (Wildman–Crippen MR) is 118 cm³/mol. The molecule has 0 bridgehead atoms. The van der Waals surface area contributed by atoms with Crippen LogP contribution in [0, 0.1) is 5.92 Å². The SMILES string of the molecule is COc1ccc(CCN2CC(C(=O)NC3CCCc4ccccc43)CC2=O)cc1OC. The Bertz CT molecular complexity index is 958. The van der Waals surface area contributed by atoms with E-state index >= 15 is 0 Å². The van der Waals surface area contributed by atoms with Crippen molar-refractivity contribution in [3.05, 3.63) is 59.2 Å². The van der Waals surface area contributed by atoms with E-state index in [4.69, 9.17) is 9.47 Å². The van der Waals surface area contributed by atoms with Gasteiger partial charge >= 0.3 is 0 Å². The van der Waals surface area contributed by atoms with Gasteiger partial charge in [0.1, 0.15) is 0 Å². The Kier molecular flexibility index (Phi) is 6.44. The normalized spacial score (nSPS) is 20.3. The van der Waals surface area contributed by atoms with Crippen LogP contribution in [0.1, 0.15) is 42.0 Å². The fourth-order valence-corrected chi connectivity index (χ4v) is 4.66. The van der Waals surface area contributed by atoms with Crippen molar-refractivity contribution in [3.63, 3.8) is 0 Å². The van der Waals surface area contributed by atoms with Crippen molar-refractivity contribution in [2.24, 2.45) is 5.92 Å². The maximum atomic E-state index is 12.9. The molecule has 6 heteroatoms. The van der Waals surface area contributed by atoms with Crippen molar-refractivity contribution in [1.29, 1.82) is 0 Å². The quantitative estimate of drug-likeness (QED) is 0.744. The molecule has 2 aromatic rings. The molecule has 0 aromatic heterocycles. The van der Waals surface area contributed by atoms with E-state index in [0.717, 1.165) is 24.8 Å². The number of nitrogens with zero attached hydrogens (tertiary/aromatic N) is 1. The van der Waals surface area contributed by atoms with Gasteiger partial charge in [0, 0.05) is 19.5 Å². The highest BCUT2D eigenvalue weighted by molar-refractivity contribution is 5.89. The second-order valence-corrected chi connectivity index (χ2v) is 8.33. The zero-order valence-corrected chi connectivity index (χ0v) is 18.2. The summed E-state index contributed by atoms with van der Waals surface area (Å²) >= 11 is 0. The van der Waals surface area contributed by atoms with Crippen LogP contribution in [0.5, 0.6) is 11.5 Å². The Balaban J connectivity index is 1.34. The average molecular weight is 423 g/mol. The Morgan fingerprint density at radius 1 is 1.13 bits per heavy atom. The Labute approximate surface area is 183 Å². The van der Waals surface area contributed by atoms with Crippen molar-refractivity contribution in [2.75, 3.05) is 27.3 Å². The second kappa shape index (κ2) is 9.41. The van der Waals surface area contributed by atoms with Crippen LogP contribution in [0.25, 0.3) is 0 Å². The maximum Gasteiger partial charge on any atom is 0.225 e. The summed E-state index contributed by atoms with van der Waals surface area (Å²) in [5.41, 5.74) is 3.60. The minimum Gasteiger partial charge on any atom is -0.493 e.